The maximum absolute atomic E-state index is 11.9. The van der Waals surface area contributed by atoms with Gasteiger partial charge in [-0.25, -0.2) is 0 Å². The van der Waals surface area contributed by atoms with Crippen LogP contribution >= 0.6 is 0 Å². The van der Waals surface area contributed by atoms with Gasteiger partial charge in [-0.2, -0.15) is 13.2 Å². The van der Waals surface area contributed by atoms with Crippen LogP contribution in [0.2, 0.25) is 0 Å². The molecule has 0 aliphatic rings. The number of hydrogen-bond acceptors (Lipinski definition) is 2. The molecule has 0 saturated heterocycles. The van der Waals surface area contributed by atoms with Crippen molar-refractivity contribution >= 4 is 16.7 Å². The van der Waals surface area contributed by atoms with E-state index >= 15 is 0 Å². The highest BCUT2D eigenvalue weighted by atomic mass is 32.2. The van der Waals surface area contributed by atoms with E-state index in [1.807, 2.05) is 0 Å². The van der Waals surface area contributed by atoms with Crippen LogP contribution in [0.3, 0.4) is 0 Å². The highest BCUT2D eigenvalue weighted by Gasteiger charge is 2.27. The van der Waals surface area contributed by atoms with E-state index in [4.69, 9.17) is 0 Å². The van der Waals surface area contributed by atoms with Crippen molar-refractivity contribution in [2.75, 3.05) is 12.8 Å². The van der Waals surface area contributed by atoms with E-state index < -0.39 is 29.4 Å². The Balaban J connectivity index is 2.71. The van der Waals surface area contributed by atoms with E-state index in [2.05, 4.69) is 0 Å². The lowest BCUT2D eigenvalue weighted by molar-refractivity contribution is -0.123. The molecule has 0 fully saturated rings. The molecular weight excluding hydrogens is 267 g/mol. The van der Waals surface area contributed by atoms with Crippen molar-refractivity contribution < 1.29 is 22.2 Å². The molecule has 0 aromatic heterocycles. The average molecular weight is 279 g/mol. The summed E-state index contributed by atoms with van der Waals surface area (Å²) in [5.41, 5.74) is 0.776. The molecule has 1 atom stereocenters. The standard InChI is InChI=1S/C11H12F3NO2S/c1-18(17)6-8-3-2-4-9(5-8)10(16)15-7-11(12,13)14/h2-5H,6-7H2,1H3,(H,15,16)/t18-/m1/s1. The van der Waals surface area contributed by atoms with Gasteiger partial charge in [0.2, 0.25) is 0 Å². The molecule has 0 bridgehead atoms. The van der Waals surface area contributed by atoms with Crippen LogP contribution in [0.1, 0.15) is 15.9 Å². The van der Waals surface area contributed by atoms with Crippen molar-refractivity contribution in [1.29, 1.82) is 0 Å². The second-order valence-corrected chi connectivity index (χ2v) is 5.15. The molecule has 18 heavy (non-hydrogen) atoms. The molecule has 0 saturated carbocycles. The molecule has 1 N–H and O–H groups in total. The van der Waals surface area contributed by atoms with Gasteiger partial charge in [0, 0.05) is 28.4 Å². The molecular formula is C11H12F3NO2S. The number of hydrogen-bond donors (Lipinski definition) is 1. The number of carbonyl (C=O) groups is 1. The third-order valence-electron chi connectivity index (χ3n) is 2.01. The van der Waals surface area contributed by atoms with E-state index in [0.29, 0.717) is 5.56 Å². The predicted octanol–water partition coefficient (Wildman–Crippen LogP) is 1.86. The minimum absolute atomic E-state index is 0.127. The summed E-state index contributed by atoms with van der Waals surface area (Å²) in [4.78, 5) is 11.4. The second kappa shape index (κ2) is 5.99. The first kappa shape index (κ1) is 14.7. The summed E-state index contributed by atoms with van der Waals surface area (Å²) in [6, 6.07) is 6.06. The highest BCUT2D eigenvalue weighted by molar-refractivity contribution is 7.83. The molecule has 0 aliphatic carbocycles. The third kappa shape index (κ3) is 5.31. The van der Waals surface area contributed by atoms with Crippen molar-refractivity contribution in [3.8, 4) is 0 Å². The van der Waals surface area contributed by atoms with E-state index in [1.54, 1.807) is 17.4 Å². The van der Waals surface area contributed by atoms with Gasteiger partial charge in [-0.15, -0.1) is 0 Å². The average Bonchev–Trinajstić information content (AvgIpc) is 2.24. The zero-order valence-corrected chi connectivity index (χ0v) is 10.4. The fraction of sp³-hybridized carbons (Fsp3) is 0.364. The van der Waals surface area contributed by atoms with Crippen LogP contribution in [-0.2, 0) is 16.6 Å². The maximum atomic E-state index is 11.9. The molecule has 1 amide bonds. The van der Waals surface area contributed by atoms with Crippen LogP contribution in [-0.4, -0.2) is 29.1 Å². The quantitative estimate of drug-likeness (QED) is 0.914. The Bertz CT molecular complexity index is 460. The van der Waals surface area contributed by atoms with Crippen LogP contribution in [0.25, 0.3) is 0 Å². The molecule has 0 spiro atoms. The van der Waals surface area contributed by atoms with Crippen LogP contribution in [0.4, 0.5) is 13.2 Å². The molecule has 0 aliphatic heterocycles. The lowest BCUT2D eigenvalue weighted by Crippen LogP contribution is -2.33. The lowest BCUT2D eigenvalue weighted by atomic mass is 10.1. The number of benzene rings is 1. The monoisotopic (exact) mass is 279 g/mol. The van der Waals surface area contributed by atoms with Crippen molar-refractivity contribution in [2.45, 2.75) is 11.9 Å². The number of carbonyl (C=O) groups excluding carboxylic acids is 1. The first-order valence-corrected chi connectivity index (χ1v) is 6.74. The van der Waals surface area contributed by atoms with Gasteiger partial charge < -0.3 is 5.32 Å². The van der Waals surface area contributed by atoms with Crippen molar-refractivity contribution in [3.05, 3.63) is 35.4 Å². The minimum Gasteiger partial charge on any atom is -0.343 e. The molecule has 0 unspecified atom stereocenters. The van der Waals surface area contributed by atoms with Crippen molar-refractivity contribution in [2.24, 2.45) is 0 Å². The Kier molecular flexibility index (Phi) is 4.89. The van der Waals surface area contributed by atoms with Gasteiger partial charge in [0.25, 0.3) is 5.91 Å². The smallest absolute Gasteiger partial charge is 0.343 e. The second-order valence-electron chi connectivity index (χ2n) is 3.72. The van der Waals surface area contributed by atoms with Gasteiger partial charge in [0.15, 0.2) is 0 Å². The van der Waals surface area contributed by atoms with Crippen LogP contribution < -0.4 is 5.32 Å². The van der Waals surface area contributed by atoms with Gasteiger partial charge in [0.1, 0.15) is 6.54 Å². The van der Waals surface area contributed by atoms with E-state index in [0.717, 1.165) is 0 Å². The molecule has 1 rings (SSSR count). The normalized spacial score (nSPS) is 13.1. The first-order chi connectivity index (χ1) is 8.28. The van der Waals surface area contributed by atoms with Crippen LogP contribution in [0, 0.1) is 0 Å². The summed E-state index contributed by atoms with van der Waals surface area (Å²) >= 11 is 0. The van der Waals surface area contributed by atoms with Gasteiger partial charge in [-0.3, -0.25) is 9.00 Å². The summed E-state index contributed by atoms with van der Waals surface area (Å²) in [5, 5.41) is 1.78. The third-order valence-corrected chi connectivity index (χ3v) is 2.75. The van der Waals surface area contributed by atoms with Gasteiger partial charge in [0.05, 0.1) is 0 Å². The number of amides is 1. The first-order valence-electron chi connectivity index (χ1n) is 5.02. The Hall–Kier alpha value is -1.37. The highest BCUT2D eigenvalue weighted by Crippen LogP contribution is 2.13. The summed E-state index contributed by atoms with van der Waals surface area (Å²) in [7, 11) is -1.07. The topological polar surface area (TPSA) is 46.2 Å². The fourth-order valence-electron chi connectivity index (χ4n) is 1.32. The summed E-state index contributed by atoms with van der Waals surface area (Å²) in [6.07, 6.45) is -2.92. The number of alkyl halides is 3. The Labute approximate surface area is 105 Å². The zero-order chi connectivity index (χ0) is 13.8. The van der Waals surface area contributed by atoms with Crippen molar-refractivity contribution in [1.82, 2.24) is 5.32 Å². The summed E-state index contributed by atoms with van der Waals surface area (Å²) in [6.45, 7) is -1.37. The number of nitrogens with one attached hydrogen (secondary N) is 1. The molecule has 7 heteroatoms. The Morgan fingerprint density at radius 3 is 2.61 bits per heavy atom. The SMILES string of the molecule is C[S@@](=O)Cc1cccc(C(=O)NCC(F)(F)F)c1. The Morgan fingerprint density at radius 2 is 2.06 bits per heavy atom. The van der Waals surface area contributed by atoms with E-state index in [-0.39, 0.29) is 11.3 Å². The van der Waals surface area contributed by atoms with Crippen LogP contribution in [0.5, 0.6) is 0 Å². The van der Waals surface area contributed by atoms with Crippen LogP contribution in [0.15, 0.2) is 24.3 Å². The van der Waals surface area contributed by atoms with Gasteiger partial charge in [-0.1, -0.05) is 12.1 Å². The fourth-order valence-corrected chi connectivity index (χ4v) is 1.97. The summed E-state index contributed by atoms with van der Waals surface area (Å²) in [5.74, 6) is -0.531. The minimum atomic E-state index is -4.43. The molecule has 0 heterocycles. The zero-order valence-electron chi connectivity index (χ0n) is 9.58. The predicted molar refractivity (Wildman–Crippen MR) is 62.6 cm³/mol. The summed E-state index contributed by atoms with van der Waals surface area (Å²) < 4.78 is 46.8. The molecule has 0 radical (unpaired) electrons. The molecule has 3 nitrogen and oxygen atoms in total. The lowest BCUT2D eigenvalue weighted by Gasteiger charge is -2.09. The maximum Gasteiger partial charge on any atom is 0.405 e. The van der Waals surface area contributed by atoms with Crippen molar-refractivity contribution in [3.63, 3.8) is 0 Å². The molecule has 1 aromatic carbocycles. The van der Waals surface area contributed by atoms with E-state index in [1.165, 1.54) is 18.4 Å². The number of rotatable bonds is 4. The van der Waals surface area contributed by atoms with Gasteiger partial charge >= 0.3 is 6.18 Å². The Morgan fingerprint density at radius 1 is 1.39 bits per heavy atom. The largest absolute Gasteiger partial charge is 0.405 e. The number of halogens is 3. The van der Waals surface area contributed by atoms with E-state index in [9.17, 15) is 22.2 Å². The molecule has 1 aromatic rings. The molecule has 100 valence electrons. The van der Waals surface area contributed by atoms with Gasteiger partial charge in [-0.05, 0) is 17.7 Å².